The van der Waals surface area contributed by atoms with E-state index >= 15 is 0 Å². The number of nitrogens with zero attached hydrogens (tertiary/aromatic N) is 1. The van der Waals surface area contributed by atoms with Gasteiger partial charge < -0.3 is 4.90 Å². The van der Waals surface area contributed by atoms with E-state index < -0.39 is 10.0 Å². The first-order valence-electron chi connectivity index (χ1n) is 6.87. The van der Waals surface area contributed by atoms with Crippen LogP contribution in [0.2, 0.25) is 0 Å². The standard InChI is InChI=1S/C15H18N2O2S2/c1-21(18,19)16-11-14(15-7-4-10-20-15)17-9-8-12-5-2-3-6-13(12)17/h2-7,10,14,16H,8-9,11H2,1H3/t14-/m0/s1. The fourth-order valence-corrected chi connectivity index (χ4v) is 4.06. The first-order valence-corrected chi connectivity index (χ1v) is 9.64. The number of hydrogen-bond acceptors (Lipinski definition) is 4. The van der Waals surface area contributed by atoms with E-state index in [1.807, 2.05) is 17.5 Å². The normalized spacial score (nSPS) is 16.0. The van der Waals surface area contributed by atoms with Crippen molar-refractivity contribution in [3.8, 4) is 0 Å². The van der Waals surface area contributed by atoms with E-state index in [1.165, 1.54) is 22.4 Å². The zero-order valence-electron chi connectivity index (χ0n) is 11.8. The third kappa shape index (κ3) is 3.28. The molecule has 112 valence electrons. The van der Waals surface area contributed by atoms with Crippen molar-refractivity contribution in [2.75, 3.05) is 24.2 Å². The lowest BCUT2D eigenvalue weighted by Gasteiger charge is -2.29. The molecule has 0 saturated carbocycles. The average molecular weight is 322 g/mol. The Balaban J connectivity index is 1.90. The fourth-order valence-electron chi connectivity index (χ4n) is 2.76. The van der Waals surface area contributed by atoms with Crippen LogP contribution in [-0.2, 0) is 16.4 Å². The van der Waals surface area contributed by atoms with Gasteiger partial charge in [-0.25, -0.2) is 13.1 Å². The second-order valence-electron chi connectivity index (χ2n) is 5.22. The summed E-state index contributed by atoms with van der Waals surface area (Å²) in [6.45, 7) is 1.32. The highest BCUT2D eigenvalue weighted by Crippen LogP contribution is 2.36. The van der Waals surface area contributed by atoms with Gasteiger partial charge in [-0.05, 0) is 29.5 Å². The molecule has 0 aliphatic carbocycles. The van der Waals surface area contributed by atoms with E-state index in [1.54, 1.807) is 11.3 Å². The molecular weight excluding hydrogens is 304 g/mol. The van der Waals surface area contributed by atoms with Crippen LogP contribution in [-0.4, -0.2) is 27.8 Å². The van der Waals surface area contributed by atoms with Crippen molar-refractivity contribution in [2.45, 2.75) is 12.5 Å². The van der Waals surface area contributed by atoms with Crippen molar-refractivity contribution >= 4 is 27.0 Å². The van der Waals surface area contributed by atoms with Crippen LogP contribution in [0.25, 0.3) is 0 Å². The maximum atomic E-state index is 11.4. The summed E-state index contributed by atoms with van der Waals surface area (Å²) < 4.78 is 25.5. The summed E-state index contributed by atoms with van der Waals surface area (Å²) in [6, 6.07) is 12.5. The lowest BCUT2D eigenvalue weighted by atomic mass is 10.1. The van der Waals surface area contributed by atoms with E-state index in [-0.39, 0.29) is 6.04 Å². The van der Waals surface area contributed by atoms with Crippen LogP contribution in [0, 0.1) is 0 Å². The monoisotopic (exact) mass is 322 g/mol. The molecule has 0 unspecified atom stereocenters. The topological polar surface area (TPSA) is 49.4 Å². The van der Waals surface area contributed by atoms with Gasteiger partial charge in [0.15, 0.2) is 0 Å². The minimum atomic E-state index is -3.19. The first-order chi connectivity index (χ1) is 10.0. The molecule has 1 N–H and O–H groups in total. The van der Waals surface area contributed by atoms with E-state index in [9.17, 15) is 8.42 Å². The Morgan fingerprint density at radius 1 is 1.29 bits per heavy atom. The maximum absolute atomic E-state index is 11.4. The van der Waals surface area contributed by atoms with Crippen LogP contribution < -0.4 is 9.62 Å². The third-order valence-electron chi connectivity index (χ3n) is 3.71. The lowest BCUT2D eigenvalue weighted by Crippen LogP contribution is -2.36. The number of thiophene rings is 1. The Morgan fingerprint density at radius 3 is 2.81 bits per heavy atom. The van der Waals surface area contributed by atoms with Crippen LogP contribution in [0.5, 0.6) is 0 Å². The van der Waals surface area contributed by atoms with Gasteiger partial charge >= 0.3 is 0 Å². The van der Waals surface area contributed by atoms with Crippen LogP contribution in [0.3, 0.4) is 0 Å². The van der Waals surface area contributed by atoms with E-state index in [2.05, 4.69) is 33.9 Å². The molecule has 2 heterocycles. The highest BCUT2D eigenvalue weighted by atomic mass is 32.2. The first kappa shape index (κ1) is 14.6. The number of rotatable bonds is 5. The fraction of sp³-hybridized carbons (Fsp3) is 0.333. The number of anilines is 1. The molecule has 0 saturated heterocycles. The molecule has 1 aromatic heterocycles. The van der Waals surface area contributed by atoms with E-state index in [0.717, 1.165) is 13.0 Å². The molecular formula is C15H18N2O2S2. The Kier molecular flexibility index (Phi) is 4.01. The smallest absolute Gasteiger partial charge is 0.208 e. The molecule has 21 heavy (non-hydrogen) atoms. The van der Waals surface area contributed by atoms with Gasteiger partial charge in [0.1, 0.15) is 0 Å². The summed E-state index contributed by atoms with van der Waals surface area (Å²) >= 11 is 1.67. The van der Waals surface area contributed by atoms with Crippen molar-refractivity contribution in [3.63, 3.8) is 0 Å². The molecule has 1 aliphatic heterocycles. The molecule has 0 amide bonds. The largest absolute Gasteiger partial charge is 0.362 e. The van der Waals surface area contributed by atoms with Gasteiger partial charge in [-0.3, -0.25) is 0 Å². The number of benzene rings is 1. The van der Waals surface area contributed by atoms with Crippen LogP contribution in [0.1, 0.15) is 16.5 Å². The average Bonchev–Trinajstić information content (AvgIpc) is 3.08. The summed E-state index contributed by atoms with van der Waals surface area (Å²) in [5.41, 5.74) is 2.55. The van der Waals surface area contributed by atoms with E-state index in [0.29, 0.717) is 6.54 Å². The van der Waals surface area contributed by atoms with Crippen molar-refractivity contribution in [2.24, 2.45) is 0 Å². The van der Waals surface area contributed by atoms with Gasteiger partial charge in [0.2, 0.25) is 10.0 Å². The van der Waals surface area contributed by atoms with Crippen molar-refractivity contribution in [3.05, 3.63) is 52.2 Å². The number of hydrogen-bond donors (Lipinski definition) is 1. The molecule has 0 bridgehead atoms. The van der Waals surface area contributed by atoms with Gasteiger partial charge in [0, 0.05) is 23.7 Å². The summed E-state index contributed by atoms with van der Waals surface area (Å²) in [5, 5.41) is 2.03. The Morgan fingerprint density at radius 2 is 2.10 bits per heavy atom. The summed E-state index contributed by atoms with van der Waals surface area (Å²) in [7, 11) is -3.19. The zero-order valence-corrected chi connectivity index (χ0v) is 13.5. The summed E-state index contributed by atoms with van der Waals surface area (Å²) in [4.78, 5) is 3.49. The van der Waals surface area contributed by atoms with E-state index in [4.69, 9.17) is 0 Å². The van der Waals surface area contributed by atoms with Gasteiger partial charge in [-0.15, -0.1) is 11.3 Å². The molecule has 1 aliphatic rings. The van der Waals surface area contributed by atoms with Gasteiger partial charge in [0.25, 0.3) is 0 Å². The summed E-state index contributed by atoms with van der Waals surface area (Å²) in [6.07, 6.45) is 2.22. The van der Waals surface area contributed by atoms with Gasteiger partial charge in [-0.2, -0.15) is 0 Å². The highest BCUT2D eigenvalue weighted by molar-refractivity contribution is 7.88. The molecule has 0 radical (unpaired) electrons. The molecule has 0 fully saturated rings. The second kappa shape index (κ2) is 5.79. The zero-order chi connectivity index (χ0) is 14.9. The lowest BCUT2D eigenvalue weighted by molar-refractivity contribution is 0.570. The molecule has 1 aromatic carbocycles. The molecule has 1 atom stereocenters. The maximum Gasteiger partial charge on any atom is 0.208 e. The van der Waals surface area contributed by atoms with Crippen molar-refractivity contribution in [1.29, 1.82) is 0 Å². The molecule has 3 rings (SSSR count). The van der Waals surface area contributed by atoms with Crippen molar-refractivity contribution < 1.29 is 8.42 Å². The number of fused-ring (bicyclic) bond motifs is 1. The van der Waals surface area contributed by atoms with Crippen LogP contribution >= 0.6 is 11.3 Å². The Labute approximate surface area is 129 Å². The number of nitrogens with one attached hydrogen (secondary N) is 1. The predicted octanol–water partition coefficient (Wildman–Crippen LogP) is 2.40. The van der Waals surface area contributed by atoms with Crippen LogP contribution in [0.4, 0.5) is 5.69 Å². The molecule has 0 spiro atoms. The molecule has 4 nitrogen and oxygen atoms in total. The third-order valence-corrected chi connectivity index (χ3v) is 5.37. The highest BCUT2D eigenvalue weighted by Gasteiger charge is 2.28. The number of para-hydroxylation sites is 1. The summed E-state index contributed by atoms with van der Waals surface area (Å²) in [5.74, 6) is 0. The number of sulfonamides is 1. The van der Waals surface area contributed by atoms with Gasteiger partial charge in [-0.1, -0.05) is 24.3 Å². The SMILES string of the molecule is CS(=O)(=O)NC[C@@H](c1cccs1)N1CCc2ccccc21. The molecule has 2 aromatic rings. The molecule has 6 heteroatoms. The van der Waals surface area contributed by atoms with Crippen molar-refractivity contribution in [1.82, 2.24) is 4.72 Å². The second-order valence-corrected chi connectivity index (χ2v) is 8.04. The minimum Gasteiger partial charge on any atom is -0.362 e. The predicted molar refractivity (Wildman–Crippen MR) is 87.4 cm³/mol. The Hall–Kier alpha value is -1.37. The van der Waals surface area contributed by atoms with Gasteiger partial charge in [0.05, 0.1) is 12.3 Å². The quantitative estimate of drug-likeness (QED) is 0.919. The Bertz CT molecular complexity index is 711. The minimum absolute atomic E-state index is 0.0448. The van der Waals surface area contributed by atoms with Crippen LogP contribution in [0.15, 0.2) is 41.8 Å².